The minimum atomic E-state index is -1.10. The van der Waals surface area contributed by atoms with E-state index in [-0.39, 0.29) is 12.2 Å². The van der Waals surface area contributed by atoms with Crippen LogP contribution < -0.4 is 5.73 Å². The Morgan fingerprint density at radius 1 is 0.840 bits per heavy atom. The molecule has 4 nitrogen and oxygen atoms in total. The van der Waals surface area contributed by atoms with E-state index in [2.05, 4.69) is 19.1 Å². The van der Waals surface area contributed by atoms with E-state index in [1.807, 2.05) is 0 Å². The van der Waals surface area contributed by atoms with Gasteiger partial charge in [0.15, 0.2) is 0 Å². The van der Waals surface area contributed by atoms with Gasteiger partial charge in [0.1, 0.15) is 11.8 Å². The fourth-order valence-electron chi connectivity index (χ4n) is 2.83. The van der Waals surface area contributed by atoms with Crippen LogP contribution in [0.2, 0.25) is 0 Å². The van der Waals surface area contributed by atoms with Gasteiger partial charge in [0, 0.05) is 12.8 Å². The molecule has 146 valence electrons. The lowest BCUT2D eigenvalue weighted by atomic mass is 10.0. The second kappa shape index (κ2) is 17.7. The summed E-state index contributed by atoms with van der Waals surface area (Å²) in [7, 11) is 0. The van der Waals surface area contributed by atoms with E-state index in [0.29, 0.717) is 6.42 Å². The maximum atomic E-state index is 11.5. The molecular formula is C21H39NO3. The fourth-order valence-corrected chi connectivity index (χ4v) is 2.83. The van der Waals surface area contributed by atoms with E-state index in [0.717, 1.165) is 25.7 Å². The number of carboxylic acid groups (broad SMARTS) is 1. The monoisotopic (exact) mass is 353 g/mol. The van der Waals surface area contributed by atoms with Crippen LogP contribution in [0.4, 0.5) is 0 Å². The Labute approximate surface area is 154 Å². The molecule has 0 unspecified atom stereocenters. The van der Waals surface area contributed by atoms with Crippen molar-refractivity contribution in [2.24, 2.45) is 5.73 Å². The highest BCUT2D eigenvalue weighted by Crippen LogP contribution is 2.10. The molecule has 0 spiro atoms. The Bertz CT molecular complexity index is 366. The molecule has 0 radical (unpaired) electrons. The van der Waals surface area contributed by atoms with Crippen LogP contribution in [-0.4, -0.2) is 22.9 Å². The predicted molar refractivity (Wildman–Crippen MR) is 105 cm³/mol. The Morgan fingerprint density at radius 2 is 1.32 bits per heavy atom. The minimum absolute atomic E-state index is 0.0347. The topological polar surface area (TPSA) is 80.4 Å². The maximum Gasteiger partial charge on any atom is 0.320 e. The minimum Gasteiger partial charge on any atom is -0.480 e. The first-order valence-electron chi connectivity index (χ1n) is 10.2. The first-order valence-corrected chi connectivity index (χ1v) is 10.2. The molecule has 3 N–H and O–H groups in total. The van der Waals surface area contributed by atoms with Crippen molar-refractivity contribution in [2.75, 3.05) is 0 Å². The number of ketones is 1. The first-order chi connectivity index (χ1) is 12.1. The van der Waals surface area contributed by atoms with Crippen molar-refractivity contribution in [1.29, 1.82) is 0 Å². The first kappa shape index (κ1) is 23.8. The summed E-state index contributed by atoms with van der Waals surface area (Å²) in [5.41, 5.74) is 5.35. The number of unbranched alkanes of at least 4 members (excludes halogenated alkanes) is 11. The smallest absolute Gasteiger partial charge is 0.320 e. The van der Waals surface area contributed by atoms with Crippen LogP contribution >= 0.6 is 0 Å². The summed E-state index contributed by atoms with van der Waals surface area (Å²) in [5.74, 6) is -1.13. The number of allylic oxidation sites excluding steroid dienone is 2. The Balaban J connectivity index is 3.29. The zero-order valence-electron chi connectivity index (χ0n) is 16.2. The van der Waals surface area contributed by atoms with E-state index >= 15 is 0 Å². The van der Waals surface area contributed by atoms with Gasteiger partial charge in [0.05, 0.1) is 0 Å². The second-order valence-corrected chi connectivity index (χ2v) is 7.02. The summed E-state index contributed by atoms with van der Waals surface area (Å²) in [4.78, 5) is 22.1. The number of nitrogens with two attached hydrogens (primary N) is 1. The van der Waals surface area contributed by atoms with Crippen molar-refractivity contribution >= 4 is 11.8 Å². The third kappa shape index (κ3) is 17.5. The molecule has 0 heterocycles. The van der Waals surface area contributed by atoms with Crippen molar-refractivity contribution in [3.8, 4) is 0 Å². The maximum absolute atomic E-state index is 11.5. The van der Waals surface area contributed by atoms with Crippen LogP contribution in [-0.2, 0) is 9.59 Å². The van der Waals surface area contributed by atoms with Gasteiger partial charge in [-0.2, -0.15) is 0 Å². The standard InChI is InChI=1S/C21H39NO3/c1-2-3-4-5-6-7-8-9-10-11-12-13-14-15-16-17-19(23)18-20(22)21(24)25/h9-10,20H,2-8,11-18,22H2,1H3,(H,24,25)/b10-9-/t20-/m0/s1. The van der Waals surface area contributed by atoms with Crippen molar-refractivity contribution in [2.45, 2.75) is 109 Å². The van der Waals surface area contributed by atoms with E-state index in [1.165, 1.54) is 57.8 Å². The van der Waals surface area contributed by atoms with Gasteiger partial charge in [-0.3, -0.25) is 9.59 Å². The molecule has 0 aliphatic carbocycles. The van der Waals surface area contributed by atoms with Crippen LogP contribution in [0, 0.1) is 0 Å². The molecule has 0 fully saturated rings. The molecule has 0 saturated heterocycles. The summed E-state index contributed by atoms with van der Waals surface area (Å²) in [6.45, 7) is 2.25. The highest BCUT2D eigenvalue weighted by atomic mass is 16.4. The summed E-state index contributed by atoms with van der Waals surface area (Å²) >= 11 is 0. The Kier molecular flexibility index (Phi) is 16.8. The average Bonchev–Trinajstić information content (AvgIpc) is 2.58. The zero-order chi connectivity index (χ0) is 18.8. The third-order valence-electron chi connectivity index (χ3n) is 4.48. The van der Waals surface area contributed by atoms with E-state index in [4.69, 9.17) is 10.8 Å². The summed E-state index contributed by atoms with van der Waals surface area (Å²) in [6, 6.07) is -1.05. The molecule has 0 amide bonds. The van der Waals surface area contributed by atoms with Gasteiger partial charge < -0.3 is 10.8 Å². The van der Waals surface area contributed by atoms with Gasteiger partial charge in [-0.05, 0) is 32.1 Å². The van der Waals surface area contributed by atoms with Crippen LogP contribution in [0.3, 0.4) is 0 Å². The van der Waals surface area contributed by atoms with Crippen LogP contribution in [0.25, 0.3) is 0 Å². The second-order valence-electron chi connectivity index (χ2n) is 7.02. The normalized spacial score (nSPS) is 12.6. The molecule has 0 saturated carbocycles. The van der Waals surface area contributed by atoms with Gasteiger partial charge in [-0.1, -0.05) is 70.4 Å². The number of carbonyl (C=O) groups excluding carboxylic acids is 1. The predicted octanol–water partition coefficient (Wildman–Crippen LogP) is 5.40. The van der Waals surface area contributed by atoms with Crippen LogP contribution in [0.1, 0.15) is 103 Å². The van der Waals surface area contributed by atoms with Gasteiger partial charge in [0.2, 0.25) is 0 Å². The summed E-state index contributed by atoms with van der Waals surface area (Å²) in [5, 5.41) is 8.65. The highest BCUT2D eigenvalue weighted by Gasteiger charge is 2.15. The van der Waals surface area contributed by atoms with Crippen molar-refractivity contribution in [3.05, 3.63) is 12.2 Å². The average molecular weight is 354 g/mol. The molecule has 0 aliphatic heterocycles. The number of carbonyl (C=O) groups is 2. The quantitative estimate of drug-likeness (QED) is 0.255. The molecule has 0 aliphatic rings. The number of Topliss-reactive ketones (excluding diaryl/α,β-unsaturated/α-hetero) is 1. The fraction of sp³-hybridized carbons (Fsp3) is 0.810. The lowest BCUT2D eigenvalue weighted by Crippen LogP contribution is -2.32. The number of rotatable bonds is 18. The molecule has 0 aromatic rings. The van der Waals surface area contributed by atoms with Crippen molar-refractivity contribution in [3.63, 3.8) is 0 Å². The lowest BCUT2D eigenvalue weighted by molar-refractivity contribution is -0.140. The van der Waals surface area contributed by atoms with E-state index in [9.17, 15) is 9.59 Å². The van der Waals surface area contributed by atoms with Crippen LogP contribution in [0.15, 0.2) is 12.2 Å². The van der Waals surface area contributed by atoms with Gasteiger partial charge in [-0.25, -0.2) is 0 Å². The third-order valence-corrected chi connectivity index (χ3v) is 4.48. The molecule has 0 aromatic carbocycles. The lowest BCUT2D eigenvalue weighted by Gasteiger charge is -2.05. The molecule has 4 heteroatoms. The highest BCUT2D eigenvalue weighted by molar-refractivity contribution is 5.85. The molecule has 0 bridgehead atoms. The Morgan fingerprint density at radius 3 is 1.84 bits per heavy atom. The Hall–Kier alpha value is -1.16. The van der Waals surface area contributed by atoms with Gasteiger partial charge in [-0.15, -0.1) is 0 Å². The number of hydrogen-bond acceptors (Lipinski definition) is 3. The van der Waals surface area contributed by atoms with Crippen molar-refractivity contribution in [1.82, 2.24) is 0 Å². The molecule has 1 atom stereocenters. The van der Waals surface area contributed by atoms with Crippen LogP contribution in [0.5, 0.6) is 0 Å². The van der Waals surface area contributed by atoms with Gasteiger partial charge in [0.25, 0.3) is 0 Å². The summed E-state index contributed by atoms with van der Waals surface area (Å²) in [6.07, 6.45) is 21.0. The number of aliphatic carboxylic acids is 1. The van der Waals surface area contributed by atoms with E-state index < -0.39 is 12.0 Å². The molecule has 0 rings (SSSR count). The number of hydrogen-bond donors (Lipinski definition) is 2. The molecule has 25 heavy (non-hydrogen) atoms. The largest absolute Gasteiger partial charge is 0.480 e. The summed E-state index contributed by atoms with van der Waals surface area (Å²) < 4.78 is 0. The molecular weight excluding hydrogens is 314 g/mol. The number of carboxylic acids is 1. The molecule has 0 aromatic heterocycles. The SMILES string of the molecule is CCCCCCCC/C=C\CCCCCCCC(=O)C[C@H](N)C(=O)O. The van der Waals surface area contributed by atoms with E-state index in [1.54, 1.807) is 0 Å². The zero-order valence-corrected chi connectivity index (χ0v) is 16.2. The van der Waals surface area contributed by atoms with Gasteiger partial charge >= 0.3 is 5.97 Å². The van der Waals surface area contributed by atoms with Crippen molar-refractivity contribution < 1.29 is 14.7 Å².